The molecule has 3 N–H and O–H groups in total. The zero-order chi connectivity index (χ0) is 27.8. The molecule has 1 saturated carbocycles. The van der Waals surface area contributed by atoms with Gasteiger partial charge in [-0.2, -0.15) is 23.1 Å². The number of thiazole rings is 1. The molecule has 7 nitrogen and oxygen atoms in total. The molecule has 0 radical (unpaired) electrons. The van der Waals surface area contributed by atoms with Gasteiger partial charge in [0.05, 0.1) is 22.4 Å². The fourth-order valence-electron chi connectivity index (χ4n) is 6.00. The van der Waals surface area contributed by atoms with E-state index >= 15 is 4.39 Å². The molecular weight excluding hydrogens is 551 g/mol. The predicted octanol–water partition coefficient (Wildman–Crippen LogP) is 5.91. The number of rotatable bonds is 5. The SMILES string of the molecule is Nc1nc2c(-c3c(C(F)(F)F)cc4c(N5CC6CCC(C5)N6)nc(OCC5CCC5)nc4c3F)ccc(F)c2s1. The Morgan fingerprint density at radius 2 is 1.77 bits per heavy atom. The first-order valence-electron chi connectivity index (χ1n) is 13.3. The zero-order valence-corrected chi connectivity index (χ0v) is 22.0. The highest BCUT2D eigenvalue weighted by Gasteiger charge is 2.39. The molecule has 3 fully saturated rings. The van der Waals surface area contributed by atoms with E-state index in [-0.39, 0.29) is 55.7 Å². The molecule has 4 heterocycles. The lowest BCUT2D eigenvalue weighted by Crippen LogP contribution is -2.51. The average molecular weight is 577 g/mol. The normalized spacial score (nSPS) is 21.4. The smallest absolute Gasteiger partial charge is 0.417 e. The monoisotopic (exact) mass is 576 g/mol. The maximum atomic E-state index is 16.5. The minimum Gasteiger partial charge on any atom is -0.463 e. The Hall–Kier alpha value is -3.32. The largest absolute Gasteiger partial charge is 0.463 e. The Labute approximate surface area is 229 Å². The molecule has 2 aromatic carbocycles. The number of piperazine rings is 1. The third-order valence-corrected chi connectivity index (χ3v) is 9.06. The standard InChI is InChI=1S/C27H25F5N6OS/c28-18-7-6-15(22-23(18)40-25(33)35-22)19-17(27(30,31)32)8-16-21(20(19)29)36-26(39-11-12-2-1-3-12)37-24(16)38-9-13-4-5-14(10-38)34-13/h6-8,12-14,34H,1-5,9-11H2,(H2,33,35). The number of aromatic nitrogens is 3. The summed E-state index contributed by atoms with van der Waals surface area (Å²) in [6.45, 7) is 1.39. The summed E-state index contributed by atoms with van der Waals surface area (Å²) in [5, 5.41) is 3.40. The van der Waals surface area contributed by atoms with Crippen molar-refractivity contribution in [3.05, 3.63) is 35.4 Å². The fourth-order valence-corrected chi connectivity index (χ4v) is 6.76. The summed E-state index contributed by atoms with van der Waals surface area (Å²) in [5.74, 6) is -1.34. The van der Waals surface area contributed by atoms with Gasteiger partial charge in [0.15, 0.2) is 10.9 Å². The van der Waals surface area contributed by atoms with Gasteiger partial charge in [0.25, 0.3) is 0 Å². The molecule has 2 unspecified atom stereocenters. The first-order chi connectivity index (χ1) is 19.2. The Kier molecular flexibility index (Phi) is 6.00. The van der Waals surface area contributed by atoms with Gasteiger partial charge in [0.1, 0.15) is 17.2 Å². The number of nitrogens with zero attached hydrogens (tertiary/aromatic N) is 4. The first-order valence-corrected chi connectivity index (χ1v) is 14.1. The molecule has 2 bridgehead atoms. The van der Waals surface area contributed by atoms with Crippen molar-refractivity contribution in [1.29, 1.82) is 0 Å². The molecule has 13 heteroatoms. The molecule has 2 atom stereocenters. The van der Waals surface area contributed by atoms with Crippen molar-refractivity contribution in [2.75, 3.05) is 30.3 Å². The number of alkyl halides is 3. The van der Waals surface area contributed by atoms with Crippen LogP contribution in [-0.4, -0.2) is 46.7 Å². The second-order valence-corrected chi connectivity index (χ2v) is 11.8. The molecule has 210 valence electrons. The summed E-state index contributed by atoms with van der Waals surface area (Å²) in [5.41, 5.74) is 3.14. The van der Waals surface area contributed by atoms with Crippen LogP contribution in [0.15, 0.2) is 18.2 Å². The second-order valence-electron chi connectivity index (χ2n) is 10.8. The number of ether oxygens (including phenoxy) is 1. The number of nitrogens with one attached hydrogen (secondary N) is 1. The third-order valence-electron chi connectivity index (χ3n) is 8.17. The van der Waals surface area contributed by atoms with Crippen molar-refractivity contribution < 1.29 is 26.7 Å². The molecule has 1 aliphatic carbocycles. The molecule has 2 aliphatic heterocycles. The molecule has 3 aliphatic rings. The molecule has 2 saturated heterocycles. The van der Waals surface area contributed by atoms with Crippen LogP contribution >= 0.6 is 11.3 Å². The summed E-state index contributed by atoms with van der Waals surface area (Å²) in [4.78, 5) is 14.8. The number of hydrogen-bond donors (Lipinski definition) is 2. The molecule has 4 aromatic rings. The minimum atomic E-state index is -4.94. The van der Waals surface area contributed by atoms with Crippen LogP contribution in [0.5, 0.6) is 6.01 Å². The lowest BCUT2D eigenvalue weighted by atomic mass is 9.86. The van der Waals surface area contributed by atoms with Gasteiger partial charge < -0.3 is 20.7 Å². The Morgan fingerprint density at radius 3 is 2.45 bits per heavy atom. The van der Waals surface area contributed by atoms with E-state index in [2.05, 4.69) is 20.3 Å². The van der Waals surface area contributed by atoms with Crippen LogP contribution in [-0.2, 0) is 6.18 Å². The number of benzene rings is 2. The van der Waals surface area contributed by atoms with Gasteiger partial charge in [-0.25, -0.2) is 13.8 Å². The van der Waals surface area contributed by atoms with Crippen LogP contribution < -0.4 is 20.7 Å². The lowest BCUT2D eigenvalue weighted by molar-refractivity contribution is -0.137. The van der Waals surface area contributed by atoms with Crippen molar-refractivity contribution >= 4 is 43.4 Å². The number of fused-ring (bicyclic) bond motifs is 4. The summed E-state index contributed by atoms with van der Waals surface area (Å²) in [6, 6.07) is 3.24. The number of halogens is 5. The highest BCUT2D eigenvalue weighted by molar-refractivity contribution is 7.22. The van der Waals surface area contributed by atoms with Gasteiger partial charge in [-0.05, 0) is 49.8 Å². The molecule has 0 spiro atoms. The third kappa shape index (κ3) is 4.30. The first kappa shape index (κ1) is 25.6. The minimum absolute atomic E-state index is 0.0410. The van der Waals surface area contributed by atoms with Crippen molar-refractivity contribution in [3.8, 4) is 17.1 Å². The Morgan fingerprint density at radius 1 is 1.02 bits per heavy atom. The van der Waals surface area contributed by atoms with Gasteiger partial charge in [0.2, 0.25) is 0 Å². The van der Waals surface area contributed by atoms with E-state index < -0.39 is 28.9 Å². The summed E-state index contributed by atoms with van der Waals surface area (Å²) in [7, 11) is 0. The molecule has 40 heavy (non-hydrogen) atoms. The van der Waals surface area contributed by atoms with Crippen molar-refractivity contribution in [2.24, 2.45) is 5.92 Å². The summed E-state index contributed by atoms with van der Waals surface area (Å²) < 4.78 is 80.6. The van der Waals surface area contributed by atoms with E-state index in [1.165, 1.54) is 0 Å². The highest BCUT2D eigenvalue weighted by atomic mass is 32.1. The average Bonchev–Trinajstić information content (AvgIpc) is 3.44. The molecular formula is C27H25F5N6OS. The zero-order valence-electron chi connectivity index (χ0n) is 21.2. The lowest BCUT2D eigenvalue weighted by Gasteiger charge is -2.34. The summed E-state index contributed by atoms with van der Waals surface area (Å²) >= 11 is 0.787. The van der Waals surface area contributed by atoms with Crippen LogP contribution in [0.4, 0.5) is 32.9 Å². The van der Waals surface area contributed by atoms with Crippen LogP contribution in [0, 0.1) is 17.6 Å². The van der Waals surface area contributed by atoms with Gasteiger partial charge >= 0.3 is 12.2 Å². The second kappa shape index (κ2) is 9.37. The van der Waals surface area contributed by atoms with E-state index in [4.69, 9.17) is 10.5 Å². The van der Waals surface area contributed by atoms with E-state index in [9.17, 15) is 17.6 Å². The van der Waals surface area contributed by atoms with E-state index in [1.54, 1.807) is 0 Å². The summed E-state index contributed by atoms with van der Waals surface area (Å²) in [6.07, 6.45) is 0.0647. The van der Waals surface area contributed by atoms with E-state index in [0.29, 0.717) is 25.6 Å². The topological polar surface area (TPSA) is 89.2 Å². The van der Waals surface area contributed by atoms with Gasteiger partial charge in [0, 0.05) is 41.7 Å². The van der Waals surface area contributed by atoms with Gasteiger partial charge in [-0.15, -0.1) is 0 Å². The maximum absolute atomic E-state index is 16.5. The van der Waals surface area contributed by atoms with Crippen LogP contribution in [0.25, 0.3) is 32.2 Å². The molecule has 7 rings (SSSR count). The number of nitrogens with two attached hydrogens (primary N) is 1. The van der Waals surface area contributed by atoms with Crippen LogP contribution in [0.2, 0.25) is 0 Å². The van der Waals surface area contributed by atoms with Gasteiger partial charge in [-0.1, -0.05) is 17.8 Å². The van der Waals surface area contributed by atoms with E-state index in [1.807, 2.05) is 4.90 Å². The van der Waals surface area contributed by atoms with E-state index in [0.717, 1.165) is 61.6 Å². The highest BCUT2D eigenvalue weighted by Crippen LogP contribution is 2.46. The van der Waals surface area contributed by atoms with Crippen LogP contribution in [0.3, 0.4) is 0 Å². The fraction of sp³-hybridized carbons (Fsp3) is 0.444. The Balaban J connectivity index is 1.47. The number of hydrogen-bond acceptors (Lipinski definition) is 8. The quantitative estimate of drug-likeness (QED) is 0.286. The molecule has 0 amide bonds. The predicted molar refractivity (Wildman–Crippen MR) is 142 cm³/mol. The van der Waals surface area contributed by atoms with Crippen LogP contribution in [0.1, 0.15) is 37.7 Å². The maximum Gasteiger partial charge on any atom is 0.417 e. The van der Waals surface area contributed by atoms with Crippen molar-refractivity contribution in [2.45, 2.75) is 50.4 Å². The molecule has 2 aromatic heterocycles. The van der Waals surface area contributed by atoms with Crippen molar-refractivity contribution in [3.63, 3.8) is 0 Å². The van der Waals surface area contributed by atoms with Gasteiger partial charge in [-0.3, -0.25) is 0 Å². The number of anilines is 2. The Bertz CT molecular complexity index is 1630. The van der Waals surface area contributed by atoms with Crippen molar-refractivity contribution in [1.82, 2.24) is 20.3 Å². The number of nitrogen functional groups attached to an aromatic ring is 1.